The topological polar surface area (TPSA) is 59.4 Å². The minimum Gasteiger partial charge on any atom is -0.512 e. The predicted octanol–water partition coefficient (Wildman–Crippen LogP) is 11.2. The van der Waals surface area contributed by atoms with Gasteiger partial charge in [0.2, 0.25) is 0 Å². The van der Waals surface area contributed by atoms with Gasteiger partial charge in [0.15, 0.2) is 5.78 Å². The Labute approximate surface area is 284 Å². The Bertz CT molecular complexity index is 1630. The summed E-state index contributed by atoms with van der Waals surface area (Å²) in [6.45, 7) is 17.1. The van der Waals surface area contributed by atoms with E-state index in [0.717, 1.165) is 72.1 Å². The third kappa shape index (κ3) is 8.43. The van der Waals surface area contributed by atoms with Gasteiger partial charge in [0.05, 0.1) is 11.5 Å². The van der Waals surface area contributed by atoms with Crippen LogP contribution in [0.4, 0.5) is 0 Å². The van der Waals surface area contributed by atoms with E-state index < -0.39 is 0 Å². The van der Waals surface area contributed by atoms with Crippen molar-refractivity contribution in [2.45, 2.75) is 93.9 Å². The molecule has 243 valence electrons. The number of allylic oxidation sites excluding steroid dienone is 2. The Morgan fingerprint density at radius 1 is 0.911 bits per heavy atom. The summed E-state index contributed by atoms with van der Waals surface area (Å²) in [5.74, 6) is 3.55. The van der Waals surface area contributed by atoms with Crippen LogP contribution in [0, 0.1) is 29.7 Å². The molecule has 0 fully saturated rings. The fraction of sp³-hybridized carbons (Fsp3) is 0.450. The first-order valence-corrected chi connectivity index (χ1v) is 16.6. The second kappa shape index (κ2) is 16.5. The molecule has 0 saturated heterocycles. The largest absolute Gasteiger partial charge is 0.512 e. The van der Waals surface area contributed by atoms with Gasteiger partial charge in [-0.3, -0.25) is 9.78 Å². The Balaban J connectivity index is 0.000000297. The number of aliphatic hydroxyl groups excluding tert-OH is 1. The molecule has 45 heavy (non-hydrogen) atoms. The van der Waals surface area contributed by atoms with Crippen LogP contribution in [0.1, 0.15) is 92.2 Å². The molecule has 1 aromatic heterocycles. The molecule has 1 aliphatic rings. The van der Waals surface area contributed by atoms with Gasteiger partial charge in [-0.05, 0) is 73.4 Å². The van der Waals surface area contributed by atoms with Crippen molar-refractivity contribution in [1.82, 2.24) is 4.98 Å². The molecule has 0 spiro atoms. The van der Waals surface area contributed by atoms with Crippen molar-refractivity contribution in [3.8, 4) is 22.8 Å². The van der Waals surface area contributed by atoms with E-state index in [0.29, 0.717) is 11.8 Å². The molecular formula is C40H50IrNO3-. The second-order valence-electron chi connectivity index (χ2n) is 13.0. The molecule has 0 aliphatic carbocycles. The van der Waals surface area contributed by atoms with Crippen LogP contribution < -0.4 is 4.74 Å². The number of fused-ring (bicyclic) bond motifs is 3. The number of nitrogens with zero attached hydrogens (tertiary/aromatic N) is 1. The summed E-state index contributed by atoms with van der Waals surface area (Å²) in [6, 6.07) is 18.7. The summed E-state index contributed by atoms with van der Waals surface area (Å²) in [4.78, 5) is 16.5. The number of pyridine rings is 1. The first-order chi connectivity index (χ1) is 21.1. The first-order valence-electron chi connectivity index (χ1n) is 16.6. The number of aliphatic hydroxyl groups is 1. The molecule has 2 heterocycles. The van der Waals surface area contributed by atoms with E-state index in [2.05, 4.69) is 76.2 Å². The molecule has 0 unspecified atom stereocenters. The molecular weight excluding hydrogens is 735 g/mol. The number of hydrogen-bond acceptors (Lipinski definition) is 4. The summed E-state index contributed by atoms with van der Waals surface area (Å²) in [7, 11) is 0. The summed E-state index contributed by atoms with van der Waals surface area (Å²) in [5.41, 5.74) is 4.57. The van der Waals surface area contributed by atoms with Crippen molar-refractivity contribution in [3.63, 3.8) is 0 Å². The third-order valence-electron chi connectivity index (χ3n) is 8.69. The molecule has 1 radical (unpaired) electrons. The molecule has 5 rings (SSSR count). The van der Waals surface area contributed by atoms with E-state index in [1.807, 2.05) is 33.9 Å². The molecule has 4 nitrogen and oxygen atoms in total. The van der Waals surface area contributed by atoms with E-state index in [4.69, 9.17) is 9.72 Å². The maximum Gasteiger partial charge on any atom is 0.162 e. The fourth-order valence-electron chi connectivity index (χ4n) is 6.30. The van der Waals surface area contributed by atoms with Gasteiger partial charge < -0.3 is 9.84 Å². The third-order valence-corrected chi connectivity index (χ3v) is 8.69. The van der Waals surface area contributed by atoms with Crippen molar-refractivity contribution < 1.29 is 34.7 Å². The Kier molecular flexibility index (Phi) is 13.4. The average molecular weight is 785 g/mol. The van der Waals surface area contributed by atoms with E-state index in [1.54, 1.807) is 0 Å². The number of hydrogen-bond donors (Lipinski definition) is 1. The predicted molar refractivity (Wildman–Crippen MR) is 185 cm³/mol. The van der Waals surface area contributed by atoms with Gasteiger partial charge in [-0.1, -0.05) is 96.2 Å². The van der Waals surface area contributed by atoms with Crippen molar-refractivity contribution in [1.29, 1.82) is 0 Å². The number of ketones is 1. The molecule has 0 amide bonds. The minimum atomic E-state index is 0. The van der Waals surface area contributed by atoms with Crippen LogP contribution in [0.15, 0.2) is 60.5 Å². The Hall–Kier alpha value is -3.01. The summed E-state index contributed by atoms with van der Waals surface area (Å²) in [5, 5.41) is 14.4. The van der Waals surface area contributed by atoms with Crippen LogP contribution in [0.3, 0.4) is 0 Å². The fourth-order valence-corrected chi connectivity index (χ4v) is 6.30. The molecule has 1 aliphatic heterocycles. The molecule has 1 N–H and O–H groups in total. The van der Waals surface area contributed by atoms with Crippen molar-refractivity contribution in [3.05, 3.63) is 77.7 Å². The van der Waals surface area contributed by atoms with Gasteiger partial charge in [-0.25, -0.2) is 0 Å². The van der Waals surface area contributed by atoms with Gasteiger partial charge in [-0.2, -0.15) is 0 Å². The van der Waals surface area contributed by atoms with Crippen LogP contribution in [0.25, 0.3) is 32.8 Å². The zero-order valence-corrected chi connectivity index (χ0v) is 30.7. The number of carbonyl (C=O) groups excluding carboxylic acids is 1. The quantitative estimate of drug-likeness (QED) is 0.0823. The molecule has 0 bridgehead atoms. The summed E-state index contributed by atoms with van der Waals surface area (Å²) < 4.78 is 6.64. The van der Waals surface area contributed by atoms with Gasteiger partial charge in [-0.15, -0.1) is 17.5 Å². The smallest absolute Gasteiger partial charge is 0.162 e. The van der Waals surface area contributed by atoms with E-state index in [-0.39, 0.29) is 43.5 Å². The maximum absolute atomic E-state index is 11.7. The average Bonchev–Trinajstić information content (AvgIpc) is 2.98. The molecule has 0 saturated carbocycles. The molecule has 5 heteroatoms. The van der Waals surface area contributed by atoms with Crippen LogP contribution in [-0.2, 0) is 37.7 Å². The number of aromatic nitrogens is 1. The van der Waals surface area contributed by atoms with E-state index in [1.165, 1.54) is 28.0 Å². The maximum atomic E-state index is 11.7. The summed E-state index contributed by atoms with van der Waals surface area (Å²) >= 11 is 0. The number of carbonyl (C=O) groups is 1. The van der Waals surface area contributed by atoms with Crippen LogP contribution >= 0.6 is 0 Å². The van der Waals surface area contributed by atoms with Crippen molar-refractivity contribution >= 4 is 27.3 Å². The molecule has 0 atom stereocenters. The second-order valence-corrected chi connectivity index (χ2v) is 13.0. The Morgan fingerprint density at radius 2 is 1.56 bits per heavy atom. The van der Waals surface area contributed by atoms with E-state index >= 15 is 0 Å². The van der Waals surface area contributed by atoms with Gasteiger partial charge in [0, 0.05) is 55.3 Å². The summed E-state index contributed by atoms with van der Waals surface area (Å²) in [6.07, 6.45) is 8.83. The molecule has 4 aromatic rings. The number of benzene rings is 3. The monoisotopic (exact) mass is 785 g/mol. The van der Waals surface area contributed by atoms with Crippen molar-refractivity contribution in [2.24, 2.45) is 23.7 Å². The van der Waals surface area contributed by atoms with Crippen molar-refractivity contribution in [2.75, 3.05) is 0 Å². The number of rotatable bonds is 11. The zero-order chi connectivity index (χ0) is 32.0. The van der Waals surface area contributed by atoms with Gasteiger partial charge >= 0.3 is 0 Å². The Morgan fingerprint density at radius 3 is 2.18 bits per heavy atom. The standard InChI is InChI=1S/C27H26NO.C13H24O2.Ir/c1-16(2)11-18-13-20-9-10-28-26-23-15-19-7-5-6-8-21(19)22(12-17(3)4)27(23)29-24(14-18)25(20)26;1-5-10(6-2)12(14)9-13(15)11(7-3)8-4;/h5-10,13-14,16-17H,11-12H2,1-4H3;9-11,14H,5-8H2,1-4H3;/q-1;;/b;12-9-;. The molecule has 3 aromatic carbocycles. The van der Waals surface area contributed by atoms with Crippen LogP contribution in [0.2, 0.25) is 0 Å². The first kappa shape index (κ1) is 36.5. The normalized spacial score (nSPS) is 12.3. The number of ether oxygens (including phenoxy) is 1. The van der Waals surface area contributed by atoms with Crippen LogP contribution in [-0.4, -0.2) is 15.9 Å². The van der Waals surface area contributed by atoms with E-state index in [9.17, 15) is 9.90 Å². The minimum absolute atomic E-state index is 0. The van der Waals surface area contributed by atoms with Gasteiger partial charge in [0.1, 0.15) is 5.75 Å². The van der Waals surface area contributed by atoms with Gasteiger partial charge in [0.25, 0.3) is 0 Å². The SMILES string of the molecule is CC(C)Cc1cc2c3c(nccc3c1)-c1[c-]c3ccccc3c(CC(C)C)c1O2.CCC(CC)C(=O)/C=C(\O)C(CC)CC.[Ir]. The van der Waals surface area contributed by atoms with Crippen LogP contribution in [0.5, 0.6) is 11.5 Å². The zero-order valence-electron chi connectivity index (χ0n) is 28.3.